The molecule has 0 aliphatic carbocycles. The molecule has 0 aliphatic heterocycles. The standard InChI is InChI=1S/C15H11NO4/c17-14-3-1-2-12(10-15(14)18)5-4-11-6-8-13(9-7-11)16(19)20/h1-10H,(H,17,18). The fraction of sp³-hybridized carbons (Fsp3) is 0. The van der Waals surface area contributed by atoms with E-state index in [0.29, 0.717) is 5.56 Å². The molecular weight excluding hydrogens is 258 g/mol. The average molecular weight is 269 g/mol. The van der Waals surface area contributed by atoms with Crippen molar-refractivity contribution in [2.45, 2.75) is 0 Å². The average Bonchev–Trinajstić information content (AvgIpc) is 2.59. The number of aromatic hydroxyl groups is 1. The topological polar surface area (TPSA) is 80.4 Å². The predicted octanol–water partition coefficient (Wildman–Crippen LogP) is 2.83. The van der Waals surface area contributed by atoms with E-state index in [1.807, 2.05) is 0 Å². The molecule has 0 aromatic heterocycles. The van der Waals surface area contributed by atoms with E-state index in [1.165, 1.54) is 24.3 Å². The van der Waals surface area contributed by atoms with Crippen LogP contribution in [0, 0.1) is 10.1 Å². The van der Waals surface area contributed by atoms with Crippen LogP contribution in [0.2, 0.25) is 0 Å². The smallest absolute Gasteiger partial charge is 0.269 e. The summed E-state index contributed by atoms with van der Waals surface area (Å²) < 4.78 is 0. The lowest BCUT2D eigenvalue weighted by Crippen LogP contribution is -1.93. The Morgan fingerprint density at radius 1 is 1.00 bits per heavy atom. The van der Waals surface area contributed by atoms with E-state index in [-0.39, 0.29) is 11.4 Å². The molecule has 2 aromatic carbocycles. The molecule has 5 nitrogen and oxygen atoms in total. The van der Waals surface area contributed by atoms with E-state index < -0.39 is 10.4 Å². The lowest BCUT2D eigenvalue weighted by Gasteiger charge is -1.93. The number of nitrogens with zero attached hydrogens (tertiary/aromatic N) is 1. The van der Waals surface area contributed by atoms with Gasteiger partial charge in [-0.3, -0.25) is 14.9 Å². The molecule has 0 atom stereocenters. The fourth-order valence-electron chi connectivity index (χ4n) is 1.61. The van der Waals surface area contributed by atoms with Crippen LogP contribution >= 0.6 is 0 Å². The molecule has 0 heterocycles. The second-order valence-electron chi connectivity index (χ2n) is 4.10. The maximum atomic E-state index is 11.4. The van der Waals surface area contributed by atoms with Crippen molar-refractivity contribution in [2.24, 2.45) is 0 Å². The van der Waals surface area contributed by atoms with E-state index >= 15 is 0 Å². The normalized spacial score (nSPS) is 10.6. The van der Waals surface area contributed by atoms with Gasteiger partial charge in [0, 0.05) is 12.1 Å². The first-order valence-corrected chi connectivity index (χ1v) is 5.82. The van der Waals surface area contributed by atoms with Crippen molar-refractivity contribution in [2.75, 3.05) is 0 Å². The van der Waals surface area contributed by atoms with Crippen molar-refractivity contribution in [1.82, 2.24) is 0 Å². The number of nitro groups is 1. The third-order valence-corrected chi connectivity index (χ3v) is 2.67. The summed E-state index contributed by atoms with van der Waals surface area (Å²) in [5, 5.41) is 19.8. The molecule has 0 saturated carbocycles. The Kier molecular flexibility index (Phi) is 3.91. The van der Waals surface area contributed by atoms with Crippen LogP contribution in [0.25, 0.3) is 12.2 Å². The third-order valence-electron chi connectivity index (χ3n) is 2.67. The van der Waals surface area contributed by atoms with Crippen molar-refractivity contribution in [1.29, 1.82) is 0 Å². The second-order valence-corrected chi connectivity index (χ2v) is 4.10. The fourth-order valence-corrected chi connectivity index (χ4v) is 1.61. The van der Waals surface area contributed by atoms with Crippen LogP contribution in [0.5, 0.6) is 5.75 Å². The van der Waals surface area contributed by atoms with Gasteiger partial charge in [-0.2, -0.15) is 0 Å². The van der Waals surface area contributed by atoms with E-state index in [9.17, 15) is 20.0 Å². The first kappa shape index (κ1) is 13.5. The summed E-state index contributed by atoms with van der Waals surface area (Å²) in [6.07, 6.45) is 3.43. The summed E-state index contributed by atoms with van der Waals surface area (Å²) >= 11 is 0. The molecule has 0 radical (unpaired) electrons. The minimum Gasteiger partial charge on any atom is -0.504 e. The number of nitro benzene ring substituents is 1. The molecule has 0 amide bonds. The molecule has 0 spiro atoms. The molecule has 5 heteroatoms. The van der Waals surface area contributed by atoms with Crippen molar-refractivity contribution >= 4 is 17.8 Å². The van der Waals surface area contributed by atoms with E-state index in [2.05, 4.69) is 0 Å². The molecule has 0 fully saturated rings. The summed E-state index contributed by atoms with van der Waals surface area (Å²) in [5.74, 6) is -0.306. The van der Waals surface area contributed by atoms with Crippen molar-refractivity contribution < 1.29 is 10.0 Å². The van der Waals surface area contributed by atoms with E-state index in [0.717, 1.165) is 5.56 Å². The van der Waals surface area contributed by atoms with Crippen LogP contribution in [0.15, 0.2) is 53.3 Å². The molecular formula is C15H11NO4. The molecule has 0 bridgehead atoms. The minimum absolute atomic E-state index is 0.0278. The summed E-state index contributed by atoms with van der Waals surface area (Å²) in [6.45, 7) is 0. The lowest BCUT2D eigenvalue weighted by molar-refractivity contribution is -0.384. The van der Waals surface area contributed by atoms with Gasteiger partial charge in [0.2, 0.25) is 5.43 Å². The highest BCUT2D eigenvalue weighted by Gasteiger charge is 2.02. The third kappa shape index (κ3) is 3.29. The molecule has 0 unspecified atom stereocenters. The Hall–Kier alpha value is -2.95. The van der Waals surface area contributed by atoms with Crippen LogP contribution in [-0.4, -0.2) is 10.0 Å². The zero-order valence-corrected chi connectivity index (χ0v) is 10.4. The van der Waals surface area contributed by atoms with E-state index in [4.69, 9.17) is 0 Å². The summed E-state index contributed by atoms with van der Waals surface area (Å²) in [6, 6.07) is 12.0. The zero-order chi connectivity index (χ0) is 14.5. The lowest BCUT2D eigenvalue weighted by atomic mass is 10.1. The molecule has 0 saturated heterocycles. The van der Waals surface area contributed by atoms with Gasteiger partial charge in [-0.15, -0.1) is 0 Å². The highest BCUT2D eigenvalue weighted by molar-refractivity contribution is 5.69. The van der Waals surface area contributed by atoms with Gasteiger partial charge in [-0.25, -0.2) is 0 Å². The predicted molar refractivity (Wildman–Crippen MR) is 76.4 cm³/mol. The molecule has 20 heavy (non-hydrogen) atoms. The van der Waals surface area contributed by atoms with Crippen LogP contribution in [0.1, 0.15) is 11.1 Å². The van der Waals surface area contributed by atoms with Crippen LogP contribution < -0.4 is 5.43 Å². The van der Waals surface area contributed by atoms with Crippen LogP contribution in [0.4, 0.5) is 5.69 Å². The number of hydrogen-bond donors (Lipinski definition) is 1. The number of hydrogen-bond acceptors (Lipinski definition) is 4. The Bertz CT molecular complexity index is 721. The van der Waals surface area contributed by atoms with Gasteiger partial charge in [-0.1, -0.05) is 24.3 Å². The van der Waals surface area contributed by atoms with Gasteiger partial charge in [0.15, 0.2) is 5.75 Å². The SMILES string of the molecule is O=c1cc(C=Cc2ccc([N+](=O)[O-])cc2)cccc1O. The highest BCUT2D eigenvalue weighted by atomic mass is 16.6. The van der Waals surface area contributed by atoms with Gasteiger partial charge in [0.1, 0.15) is 0 Å². The van der Waals surface area contributed by atoms with Crippen LogP contribution in [0.3, 0.4) is 0 Å². The quantitative estimate of drug-likeness (QED) is 0.686. The molecule has 2 aromatic rings. The van der Waals surface area contributed by atoms with Crippen LogP contribution in [-0.2, 0) is 0 Å². The van der Waals surface area contributed by atoms with Gasteiger partial charge in [-0.05, 0) is 35.4 Å². The Morgan fingerprint density at radius 3 is 2.30 bits per heavy atom. The maximum Gasteiger partial charge on any atom is 0.269 e. The van der Waals surface area contributed by atoms with Crippen molar-refractivity contribution in [3.63, 3.8) is 0 Å². The Balaban J connectivity index is 2.25. The highest BCUT2D eigenvalue weighted by Crippen LogP contribution is 2.14. The first-order chi connectivity index (χ1) is 9.56. The molecule has 2 rings (SSSR count). The summed E-state index contributed by atoms with van der Waals surface area (Å²) in [5.41, 5.74) is 0.978. The molecule has 1 N–H and O–H groups in total. The number of rotatable bonds is 3. The number of non-ortho nitro benzene ring substituents is 1. The van der Waals surface area contributed by atoms with Crippen molar-refractivity contribution in [3.05, 3.63) is 80.0 Å². The maximum absolute atomic E-state index is 11.4. The van der Waals surface area contributed by atoms with Crippen molar-refractivity contribution in [3.8, 4) is 5.75 Å². The van der Waals surface area contributed by atoms with E-state index in [1.54, 1.807) is 36.4 Å². The van der Waals surface area contributed by atoms with Gasteiger partial charge < -0.3 is 5.11 Å². The first-order valence-electron chi connectivity index (χ1n) is 5.82. The summed E-state index contributed by atoms with van der Waals surface area (Å²) in [4.78, 5) is 21.5. The minimum atomic E-state index is -0.461. The second kappa shape index (κ2) is 5.79. The van der Waals surface area contributed by atoms with Gasteiger partial charge in [0.05, 0.1) is 4.92 Å². The van der Waals surface area contributed by atoms with Gasteiger partial charge >= 0.3 is 0 Å². The zero-order valence-electron chi connectivity index (χ0n) is 10.4. The molecule has 100 valence electrons. The largest absolute Gasteiger partial charge is 0.504 e. The Morgan fingerprint density at radius 2 is 1.65 bits per heavy atom. The van der Waals surface area contributed by atoms with Gasteiger partial charge in [0.25, 0.3) is 5.69 Å². The number of benzene rings is 1. The molecule has 0 aliphatic rings. The Labute approximate surface area is 114 Å². The monoisotopic (exact) mass is 269 g/mol. The summed E-state index contributed by atoms with van der Waals surface area (Å²) in [7, 11) is 0.